The van der Waals surface area contributed by atoms with Gasteiger partial charge in [0.25, 0.3) is 0 Å². The monoisotopic (exact) mass is 369 g/mol. The highest BCUT2D eigenvalue weighted by Gasteiger charge is 2.22. The van der Waals surface area contributed by atoms with Gasteiger partial charge in [-0.1, -0.05) is 41.9 Å². The standard InChI is InChI=1S/C20H20ClN3O2/c1-3-24(4-2)20(26)23-17-15-11-10-14(21)12-16(15)22-18(17)19(25)13-8-6-5-7-9-13/h5-12,22H,3-4H2,1-2H3,(H,23,26). The van der Waals surface area contributed by atoms with Gasteiger partial charge in [0.2, 0.25) is 5.78 Å². The van der Waals surface area contributed by atoms with E-state index in [1.54, 1.807) is 47.4 Å². The third-order valence-corrected chi connectivity index (χ3v) is 4.54. The smallest absolute Gasteiger partial charge is 0.321 e. The number of benzene rings is 2. The van der Waals surface area contributed by atoms with Gasteiger partial charge < -0.3 is 15.2 Å². The van der Waals surface area contributed by atoms with Crippen molar-refractivity contribution in [3.8, 4) is 0 Å². The van der Waals surface area contributed by atoms with E-state index < -0.39 is 0 Å². The average Bonchev–Trinajstić information content (AvgIpc) is 3.00. The van der Waals surface area contributed by atoms with Gasteiger partial charge in [0.1, 0.15) is 5.69 Å². The van der Waals surface area contributed by atoms with Crippen LogP contribution in [-0.2, 0) is 0 Å². The Morgan fingerprint density at radius 2 is 1.77 bits per heavy atom. The van der Waals surface area contributed by atoms with Gasteiger partial charge in [-0.3, -0.25) is 4.79 Å². The van der Waals surface area contributed by atoms with Gasteiger partial charge in [0.05, 0.1) is 5.69 Å². The van der Waals surface area contributed by atoms with Crippen molar-refractivity contribution in [2.24, 2.45) is 0 Å². The molecule has 2 N–H and O–H groups in total. The van der Waals surface area contributed by atoms with Crippen LogP contribution in [0.1, 0.15) is 29.9 Å². The average molecular weight is 370 g/mol. The summed E-state index contributed by atoms with van der Waals surface area (Å²) in [7, 11) is 0. The molecule has 1 heterocycles. The topological polar surface area (TPSA) is 65.2 Å². The number of anilines is 1. The molecule has 0 atom stereocenters. The predicted molar refractivity (Wildman–Crippen MR) is 105 cm³/mol. The third-order valence-electron chi connectivity index (χ3n) is 4.31. The first-order valence-electron chi connectivity index (χ1n) is 8.52. The largest absolute Gasteiger partial charge is 0.350 e. The summed E-state index contributed by atoms with van der Waals surface area (Å²) in [6.45, 7) is 4.99. The maximum atomic E-state index is 13.0. The molecule has 0 bridgehead atoms. The Morgan fingerprint density at radius 3 is 2.42 bits per heavy atom. The summed E-state index contributed by atoms with van der Waals surface area (Å²) in [4.78, 5) is 30.3. The van der Waals surface area contributed by atoms with Crippen LogP contribution in [-0.4, -0.2) is 34.8 Å². The van der Waals surface area contributed by atoms with Gasteiger partial charge >= 0.3 is 6.03 Å². The number of carbonyl (C=O) groups excluding carboxylic acids is 2. The fourth-order valence-corrected chi connectivity index (χ4v) is 3.07. The lowest BCUT2D eigenvalue weighted by Gasteiger charge is -2.19. The van der Waals surface area contributed by atoms with E-state index in [0.29, 0.717) is 40.6 Å². The van der Waals surface area contributed by atoms with Crippen molar-refractivity contribution < 1.29 is 9.59 Å². The minimum Gasteiger partial charge on any atom is -0.350 e. The number of urea groups is 1. The number of nitrogens with zero attached hydrogens (tertiary/aromatic N) is 1. The number of ketones is 1. The van der Waals surface area contributed by atoms with Crippen LogP contribution in [0.5, 0.6) is 0 Å². The zero-order valence-electron chi connectivity index (χ0n) is 14.7. The van der Waals surface area contributed by atoms with Crippen LogP contribution in [0.15, 0.2) is 48.5 Å². The third kappa shape index (κ3) is 3.44. The van der Waals surface area contributed by atoms with E-state index in [0.717, 1.165) is 5.39 Å². The highest BCUT2D eigenvalue weighted by atomic mass is 35.5. The molecular formula is C20H20ClN3O2. The highest BCUT2D eigenvalue weighted by molar-refractivity contribution is 6.31. The van der Waals surface area contributed by atoms with Crippen molar-refractivity contribution in [3.05, 3.63) is 64.8 Å². The number of H-pyrrole nitrogens is 1. The second kappa shape index (κ2) is 7.62. The lowest BCUT2D eigenvalue weighted by Crippen LogP contribution is -2.34. The molecule has 0 saturated heterocycles. The lowest BCUT2D eigenvalue weighted by molar-refractivity contribution is 0.103. The lowest BCUT2D eigenvalue weighted by atomic mass is 10.1. The molecule has 6 heteroatoms. The first-order valence-corrected chi connectivity index (χ1v) is 8.89. The number of halogens is 1. The summed E-state index contributed by atoms with van der Waals surface area (Å²) < 4.78 is 0. The van der Waals surface area contributed by atoms with E-state index in [4.69, 9.17) is 11.6 Å². The molecule has 0 aliphatic heterocycles. The zero-order chi connectivity index (χ0) is 18.7. The minimum atomic E-state index is -0.243. The molecule has 5 nitrogen and oxygen atoms in total. The predicted octanol–water partition coefficient (Wildman–Crippen LogP) is 4.93. The molecule has 26 heavy (non-hydrogen) atoms. The number of nitrogens with one attached hydrogen (secondary N) is 2. The first-order chi connectivity index (χ1) is 12.5. The van der Waals surface area contributed by atoms with Gasteiger partial charge in [-0.25, -0.2) is 4.79 Å². The Bertz CT molecular complexity index is 946. The van der Waals surface area contributed by atoms with Gasteiger partial charge in [0.15, 0.2) is 0 Å². The maximum absolute atomic E-state index is 13.0. The van der Waals surface area contributed by atoms with Gasteiger partial charge in [-0.2, -0.15) is 0 Å². The number of carbonyl (C=O) groups is 2. The summed E-state index contributed by atoms with van der Waals surface area (Å²) in [5.74, 6) is -0.187. The van der Waals surface area contributed by atoms with E-state index in [2.05, 4.69) is 10.3 Å². The maximum Gasteiger partial charge on any atom is 0.321 e. The summed E-state index contributed by atoms with van der Waals surface area (Å²) in [5, 5.41) is 4.20. The Labute approximate surface area is 157 Å². The van der Waals surface area contributed by atoms with Crippen molar-refractivity contribution in [3.63, 3.8) is 0 Å². The van der Waals surface area contributed by atoms with Crippen LogP contribution in [0, 0.1) is 0 Å². The summed E-state index contributed by atoms with van der Waals surface area (Å²) >= 11 is 6.08. The van der Waals surface area contributed by atoms with Crippen LogP contribution >= 0.6 is 11.6 Å². The van der Waals surface area contributed by atoms with E-state index in [-0.39, 0.29) is 11.8 Å². The molecule has 0 spiro atoms. The van der Waals surface area contributed by atoms with Crippen LogP contribution in [0.25, 0.3) is 10.9 Å². The second-order valence-electron chi connectivity index (χ2n) is 5.86. The zero-order valence-corrected chi connectivity index (χ0v) is 15.4. The number of fused-ring (bicyclic) bond motifs is 1. The van der Waals surface area contributed by atoms with Crippen molar-refractivity contribution in [1.82, 2.24) is 9.88 Å². The number of aromatic amines is 1. The van der Waals surface area contributed by atoms with Gasteiger partial charge in [-0.05, 0) is 32.0 Å². The van der Waals surface area contributed by atoms with E-state index in [1.807, 2.05) is 19.9 Å². The number of amides is 2. The van der Waals surface area contributed by atoms with Crippen LogP contribution < -0.4 is 5.32 Å². The van der Waals surface area contributed by atoms with Crippen LogP contribution in [0.3, 0.4) is 0 Å². The molecule has 0 aliphatic rings. The quantitative estimate of drug-likeness (QED) is 0.626. The molecule has 0 radical (unpaired) electrons. The number of hydrogen-bond acceptors (Lipinski definition) is 2. The Balaban J connectivity index is 2.10. The molecule has 0 saturated carbocycles. The van der Waals surface area contributed by atoms with Gasteiger partial charge in [-0.15, -0.1) is 0 Å². The summed E-state index contributed by atoms with van der Waals surface area (Å²) in [5.41, 5.74) is 2.06. The number of aromatic nitrogens is 1. The SMILES string of the molecule is CCN(CC)C(=O)Nc1c(C(=O)c2ccccc2)[nH]c2cc(Cl)ccc12. The normalized spacial score (nSPS) is 10.7. The van der Waals surface area contributed by atoms with Crippen LogP contribution in [0.2, 0.25) is 5.02 Å². The molecule has 134 valence electrons. The van der Waals surface area contributed by atoms with E-state index in [9.17, 15) is 9.59 Å². The molecule has 2 aromatic carbocycles. The first kappa shape index (κ1) is 18.0. The molecule has 1 aromatic heterocycles. The Kier molecular flexibility index (Phi) is 5.28. The van der Waals surface area contributed by atoms with Crippen LogP contribution in [0.4, 0.5) is 10.5 Å². The fourth-order valence-electron chi connectivity index (χ4n) is 2.90. The van der Waals surface area contributed by atoms with Crippen molar-refractivity contribution in [2.75, 3.05) is 18.4 Å². The molecule has 3 aromatic rings. The number of hydrogen-bond donors (Lipinski definition) is 2. The molecular weight excluding hydrogens is 350 g/mol. The van der Waals surface area contributed by atoms with E-state index in [1.165, 1.54) is 0 Å². The molecule has 2 amide bonds. The molecule has 0 fully saturated rings. The molecule has 0 aliphatic carbocycles. The fraction of sp³-hybridized carbons (Fsp3) is 0.200. The molecule has 0 unspecified atom stereocenters. The minimum absolute atomic E-state index is 0.187. The Hall–Kier alpha value is -2.79. The highest BCUT2D eigenvalue weighted by Crippen LogP contribution is 2.31. The van der Waals surface area contributed by atoms with Crippen molar-refractivity contribution >= 4 is 40.0 Å². The van der Waals surface area contributed by atoms with Gasteiger partial charge in [0, 0.05) is 34.6 Å². The van der Waals surface area contributed by atoms with E-state index >= 15 is 0 Å². The summed E-state index contributed by atoms with van der Waals surface area (Å²) in [6, 6.07) is 14.0. The molecule has 3 rings (SSSR count). The second-order valence-corrected chi connectivity index (χ2v) is 6.30. The van der Waals surface area contributed by atoms with Crippen molar-refractivity contribution in [1.29, 1.82) is 0 Å². The summed E-state index contributed by atoms with van der Waals surface area (Å²) in [6.07, 6.45) is 0. The number of rotatable bonds is 5. The Morgan fingerprint density at radius 1 is 1.08 bits per heavy atom. The van der Waals surface area contributed by atoms with Crippen molar-refractivity contribution in [2.45, 2.75) is 13.8 Å².